The van der Waals surface area contributed by atoms with Gasteiger partial charge in [-0.15, -0.1) is 0 Å². The molecule has 3 aromatic carbocycles. The second-order valence-electron chi connectivity index (χ2n) is 4.95. The lowest BCUT2D eigenvalue weighted by atomic mass is 9.93. The van der Waals surface area contributed by atoms with Crippen molar-refractivity contribution in [2.75, 3.05) is 0 Å². The van der Waals surface area contributed by atoms with Crippen LogP contribution in [0.1, 0.15) is 0 Å². The van der Waals surface area contributed by atoms with Gasteiger partial charge in [0.05, 0.1) is 0 Å². The topological polar surface area (TPSA) is 0 Å². The zero-order chi connectivity index (χ0) is 17.4. The van der Waals surface area contributed by atoms with Crippen molar-refractivity contribution in [1.82, 2.24) is 0 Å². The van der Waals surface area contributed by atoms with Gasteiger partial charge in [0.25, 0.3) is 0 Å². The summed E-state index contributed by atoms with van der Waals surface area (Å²) in [5.41, 5.74) is -2.16. The van der Waals surface area contributed by atoms with Crippen LogP contribution in [-0.2, 0) is 0 Å². The third-order valence-electron chi connectivity index (χ3n) is 3.43. The average Bonchev–Trinajstić information content (AvgIpc) is 2.51. The Balaban J connectivity index is 2.36. The molecular formula is C18H7F6. The van der Waals surface area contributed by atoms with Gasteiger partial charge in [0.1, 0.15) is 34.9 Å². The summed E-state index contributed by atoms with van der Waals surface area (Å²) in [6.45, 7) is 0. The first-order chi connectivity index (χ1) is 11.4. The van der Waals surface area contributed by atoms with E-state index >= 15 is 0 Å². The van der Waals surface area contributed by atoms with E-state index in [0.717, 1.165) is 24.3 Å². The third kappa shape index (κ3) is 2.75. The minimum atomic E-state index is -1.16. The van der Waals surface area contributed by atoms with Gasteiger partial charge in [-0.2, -0.15) is 0 Å². The van der Waals surface area contributed by atoms with Crippen LogP contribution in [0.3, 0.4) is 0 Å². The molecule has 6 heteroatoms. The maximum absolute atomic E-state index is 14.2. The van der Waals surface area contributed by atoms with Gasteiger partial charge in [-0.05, 0) is 30.3 Å². The second-order valence-corrected chi connectivity index (χ2v) is 4.95. The molecule has 0 atom stereocenters. The molecule has 0 bridgehead atoms. The molecule has 0 nitrogen and oxygen atoms in total. The van der Waals surface area contributed by atoms with Crippen molar-refractivity contribution in [1.29, 1.82) is 0 Å². The van der Waals surface area contributed by atoms with E-state index < -0.39 is 57.2 Å². The molecule has 1 radical (unpaired) electrons. The molecule has 0 aliphatic heterocycles. The first-order valence-corrected chi connectivity index (χ1v) is 6.69. The van der Waals surface area contributed by atoms with Gasteiger partial charge in [0.2, 0.25) is 0 Å². The van der Waals surface area contributed by atoms with E-state index in [9.17, 15) is 26.3 Å². The normalized spacial score (nSPS) is 10.9. The van der Waals surface area contributed by atoms with Crippen LogP contribution >= 0.6 is 0 Å². The quantitative estimate of drug-likeness (QED) is 0.530. The van der Waals surface area contributed by atoms with E-state index in [1.54, 1.807) is 0 Å². The smallest absolute Gasteiger partial charge is 0.139 e. The first-order valence-electron chi connectivity index (χ1n) is 6.69. The van der Waals surface area contributed by atoms with Crippen molar-refractivity contribution in [3.8, 4) is 22.3 Å². The van der Waals surface area contributed by atoms with Gasteiger partial charge in [-0.25, -0.2) is 26.3 Å². The van der Waals surface area contributed by atoms with Crippen LogP contribution in [0.2, 0.25) is 0 Å². The maximum atomic E-state index is 14.2. The third-order valence-corrected chi connectivity index (χ3v) is 3.43. The zero-order valence-electron chi connectivity index (χ0n) is 11.8. The van der Waals surface area contributed by atoms with E-state index in [-0.39, 0.29) is 0 Å². The van der Waals surface area contributed by atoms with Crippen LogP contribution in [0.15, 0.2) is 42.5 Å². The largest absolute Gasteiger partial charge is 0.207 e. The second kappa shape index (κ2) is 6.03. The molecule has 3 aromatic rings. The van der Waals surface area contributed by atoms with E-state index in [1.165, 1.54) is 0 Å². The average molecular weight is 337 g/mol. The Morgan fingerprint density at radius 3 is 1.58 bits per heavy atom. The Morgan fingerprint density at radius 1 is 0.583 bits per heavy atom. The number of hydrogen-bond donors (Lipinski definition) is 0. The van der Waals surface area contributed by atoms with Crippen molar-refractivity contribution in [3.63, 3.8) is 0 Å². The molecular weight excluding hydrogens is 330 g/mol. The molecule has 0 saturated carbocycles. The number of halogens is 6. The molecule has 0 aromatic heterocycles. The van der Waals surface area contributed by atoms with Crippen LogP contribution in [0.5, 0.6) is 0 Å². The standard InChI is InChI=1S/C18H7F6/c19-9-1-3-11(15(23)7-9)17-13(21)5-6-14(22)18(17)12-4-2-10(20)8-16(12)24/h1-5,7-8H. The molecule has 0 amide bonds. The summed E-state index contributed by atoms with van der Waals surface area (Å²) in [6.07, 6.45) is 0. The summed E-state index contributed by atoms with van der Waals surface area (Å²) in [5, 5.41) is 0. The summed E-state index contributed by atoms with van der Waals surface area (Å²) in [5.74, 6) is -6.36. The van der Waals surface area contributed by atoms with Crippen LogP contribution in [0.25, 0.3) is 22.3 Å². The van der Waals surface area contributed by atoms with E-state index in [2.05, 4.69) is 0 Å². The van der Waals surface area contributed by atoms with Crippen LogP contribution < -0.4 is 0 Å². The summed E-state index contributed by atoms with van der Waals surface area (Å²) in [4.78, 5) is 0. The zero-order valence-corrected chi connectivity index (χ0v) is 11.8. The molecule has 0 unspecified atom stereocenters. The highest BCUT2D eigenvalue weighted by molar-refractivity contribution is 5.84. The highest BCUT2D eigenvalue weighted by Crippen LogP contribution is 2.38. The van der Waals surface area contributed by atoms with Gasteiger partial charge < -0.3 is 0 Å². The van der Waals surface area contributed by atoms with Gasteiger partial charge in [0, 0.05) is 40.5 Å². The van der Waals surface area contributed by atoms with Gasteiger partial charge >= 0.3 is 0 Å². The van der Waals surface area contributed by atoms with Crippen molar-refractivity contribution >= 4 is 0 Å². The number of rotatable bonds is 2. The van der Waals surface area contributed by atoms with Gasteiger partial charge in [0.15, 0.2) is 0 Å². The Kier molecular flexibility index (Phi) is 4.05. The fraction of sp³-hybridized carbons (Fsp3) is 0. The first kappa shape index (κ1) is 16.1. The predicted molar refractivity (Wildman–Crippen MR) is 75.9 cm³/mol. The molecule has 0 N–H and O–H groups in total. The summed E-state index contributed by atoms with van der Waals surface area (Å²) in [7, 11) is 0. The molecule has 0 spiro atoms. The predicted octanol–water partition coefficient (Wildman–Crippen LogP) is 5.66. The summed E-state index contributed by atoms with van der Waals surface area (Å²) >= 11 is 0. The number of hydrogen-bond acceptors (Lipinski definition) is 0. The fourth-order valence-electron chi connectivity index (χ4n) is 2.40. The number of benzene rings is 3. The molecule has 0 saturated heterocycles. The fourth-order valence-corrected chi connectivity index (χ4v) is 2.40. The maximum Gasteiger partial charge on any atom is 0.139 e. The van der Waals surface area contributed by atoms with Crippen LogP contribution in [0.4, 0.5) is 26.3 Å². The Morgan fingerprint density at radius 2 is 1.08 bits per heavy atom. The minimum absolute atomic E-state index is 0.458. The molecule has 3 rings (SSSR count). The van der Waals surface area contributed by atoms with E-state index in [1.807, 2.05) is 6.07 Å². The van der Waals surface area contributed by atoms with Gasteiger partial charge in [-0.3, -0.25) is 0 Å². The monoisotopic (exact) mass is 337 g/mol. The van der Waals surface area contributed by atoms with Crippen molar-refractivity contribution in [3.05, 3.63) is 83.4 Å². The SMILES string of the molecule is Fc1ccc(-c2c(F)[c]cc(F)c2-c2ccc(F)cc2F)c(F)c1. The van der Waals surface area contributed by atoms with Crippen LogP contribution in [-0.4, -0.2) is 0 Å². The Bertz CT molecular complexity index is 857. The van der Waals surface area contributed by atoms with E-state index in [4.69, 9.17) is 0 Å². The molecule has 0 heterocycles. The van der Waals surface area contributed by atoms with Crippen LogP contribution in [0, 0.1) is 41.0 Å². The lowest BCUT2D eigenvalue weighted by molar-refractivity contribution is 0.576. The highest BCUT2D eigenvalue weighted by atomic mass is 19.2. The molecule has 24 heavy (non-hydrogen) atoms. The van der Waals surface area contributed by atoms with Gasteiger partial charge in [-0.1, -0.05) is 0 Å². The minimum Gasteiger partial charge on any atom is -0.207 e. The highest BCUT2D eigenvalue weighted by Gasteiger charge is 2.22. The molecule has 0 fully saturated rings. The molecule has 121 valence electrons. The van der Waals surface area contributed by atoms with Crippen molar-refractivity contribution in [2.45, 2.75) is 0 Å². The Hall–Kier alpha value is -2.76. The Labute approximate surface area is 133 Å². The lowest BCUT2D eigenvalue weighted by Gasteiger charge is -2.14. The molecule has 0 aliphatic rings. The van der Waals surface area contributed by atoms with Crippen molar-refractivity contribution < 1.29 is 26.3 Å². The van der Waals surface area contributed by atoms with Crippen molar-refractivity contribution in [2.24, 2.45) is 0 Å². The summed E-state index contributed by atoms with van der Waals surface area (Å²) in [6, 6.07) is 7.09. The summed E-state index contributed by atoms with van der Waals surface area (Å²) < 4.78 is 82.6. The lowest BCUT2D eigenvalue weighted by Crippen LogP contribution is -1.99. The van der Waals surface area contributed by atoms with E-state index in [0.29, 0.717) is 18.2 Å². The molecule has 0 aliphatic carbocycles.